The second kappa shape index (κ2) is 7.76. The van der Waals surface area contributed by atoms with Crippen molar-refractivity contribution < 1.29 is 14.3 Å². The lowest BCUT2D eigenvalue weighted by molar-refractivity contribution is 0.171. The third-order valence-corrected chi connectivity index (χ3v) is 5.80. The fraction of sp³-hybridized carbons (Fsp3) is 0.421. The van der Waals surface area contributed by atoms with Crippen LogP contribution >= 0.6 is 22.9 Å². The largest absolute Gasteiger partial charge is 0.486 e. The summed E-state index contributed by atoms with van der Waals surface area (Å²) in [6.07, 6.45) is 0. The highest BCUT2D eigenvalue weighted by Crippen LogP contribution is 2.35. The number of hydrogen-bond donors (Lipinski definition) is 2. The molecule has 1 aliphatic rings. The van der Waals surface area contributed by atoms with E-state index in [1.54, 1.807) is 0 Å². The smallest absolute Gasteiger partial charge is 0.315 e. The molecule has 0 spiro atoms. The summed E-state index contributed by atoms with van der Waals surface area (Å²) in [6, 6.07) is 9.40. The molecule has 0 saturated carbocycles. The Bertz CT molecular complexity index is 791. The summed E-state index contributed by atoms with van der Waals surface area (Å²) in [4.78, 5) is 13.3. The lowest BCUT2D eigenvalue weighted by Gasteiger charge is -2.28. The van der Waals surface area contributed by atoms with Gasteiger partial charge in [-0.1, -0.05) is 31.5 Å². The molecule has 1 aromatic heterocycles. The molecule has 2 heterocycles. The molecule has 0 fully saturated rings. The third-order valence-electron chi connectivity index (χ3n) is 4.38. The molecule has 1 aliphatic heterocycles. The molecule has 0 saturated heterocycles. The fourth-order valence-electron chi connectivity index (χ4n) is 2.75. The summed E-state index contributed by atoms with van der Waals surface area (Å²) < 4.78 is 11.9. The summed E-state index contributed by atoms with van der Waals surface area (Å²) in [5, 5.41) is 5.90. The van der Waals surface area contributed by atoms with E-state index < -0.39 is 0 Å². The van der Waals surface area contributed by atoms with Crippen LogP contribution in [0.3, 0.4) is 0 Å². The molecule has 140 valence electrons. The standard InChI is InChI=1S/C19H23ClN2O3S/c1-12(16-6-7-17(20)26-16)22-18(23)21-11-19(2,3)13-4-5-14-15(10-13)25-9-8-24-14/h4-7,10,12H,8-9,11H2,1-3H3,(H2,21,22,23). The van der Waals surface area contributed by atoms with Crippen LogP contribution in [0.15, 0.2) is 30.3 Å². The first-order valence-electron chi connectivity index (χ1n) is 8.55. The molecule has 1 unspecified atom stereocenters. The zero-order valence-electron chi connectivity index (χ0n) is 15.1. The van der Waals surface area contributed by atoms with Gasteiger partial charge in [-0.25, -0.2) is 4.79 Å². The Morgan fingerprint density at radius 2 is 1.96 bits per heavy atom. The van der Waals surface area contributed by atoms with Gasteiger partial charge in [-0.05, 0) is 36.8 Å². The van der Waals surface area contributed by atoms with E-state index in [4.69, 9.17) is 21.1 Å². The highest BCUT2D eigenvalue weighted by atomic mass is 35.5. The molecule has 5 nitrogen and oxygen atoms in total. The fourth-order valence-corrected chi connectivity index (χ4v) is 3.81. The maximum Gasteiger partial charge on any atom is 0.315 e. The average molecular weight is 395 g/mol. The first kappa shape index (κ1) is 18.9. The molecule has 0 bridgehead atoms. The molecule has 0 radical (unpaired) electrons. The van der Waals surface area contributed by atoms with Gasteiger partial charge in [0.05, 0.1) is 10.4 Å². The minimum Gasteiger partial charge on any atom is -0.486 e. The average Bonchev–Trinajstić information content (AvgIpc) is 3.06. The first-order chi connectivity index (χ1) is 12.3. The minimum absolute atomic E-state index is 0.0927. The molecule has 3 rings (SSSR count). The van der Waals surface area contributed by atoms with Gasteiger partial charge in [0.25, 0.3) is 0 Å². The number of nitrogens with one attached hydrogen (secondary N) is 2. The van der Waals surface area contributed by atoms with Crippen molar-refractivity contribution >= 4 is 29.0 Å². The molecule has 1 aromatic carbocycles. The van der Waals surface area contributed by atoms with Gasteiger partial charge >= 0.3 is 6.03 Å². The molecule has 2 aromatic rings. The van der Waals surface area contributed by atoms with Crippen LogP contribution in [0.4, 0.5) is 4.79 Å². The van der Waals surface area contributed by atoms with Crippen LogP contribution in [0.5, 0.6) is 11.5 Å². The van der Waals surface area contributed by atoms with E-state index in [1.165, 1.54) is 11.3 Å². The predicted molar refractivity (Wildman–Crippen MR) is 105 cm³/mol. The van der Waals surface area contributed by atoms with Crippen molar-refractivity contribution in [3.05, 3.63) is 45.1 Å². The van der Waals surface area contributed by atoms with E-state index in [1.807, 2.05) is 37.3 Å². The summed E-state index contributed by atoms with van der Waals surface area (Å²) in [5.41, 5.74) is 0.836. The van der Waals surface area contributed by atoms with Crippen molar-refractivity contribution in [2.24, 2.45) is 0 Å². The SMILES string of the molecule is CC(NC(=O)NCC(C)(C)c1ccc2c(c1)OCCO2)c1ccc(Cl)s1. The number of carbonyl (C=O) groups is 1. The number of carbonyl (C=O) groups excluding carboxylic acids is 1. The Morgan fingerprint density at radius 1 is 1.23 bits per heavy atom. The molecular weight excluding hydrogens is 372 g/mol. The van der Waals surface area contributed by atoms with Gasteiger partial charge in [-0.15, -0.1) is 11.3 Å². The number of ether oxygens (including phenoxy) is 2. The summed E-state index contributed by atoms with van der Waals surface area (Å²) in [6.45, 7) is 7.74. The van der Waals surface area contributed by atoms with Crippen LogP contribution in [-0.4, -0.2) is 25.8 Å². The third kappa shape index (κ3) is 4.43. The monoisotopic (exact) mass is 394 g/mol. The molecule has 2 N–H and O–H groups in total. The number of benzene rings is 1. The van der Waals surface area contributed by atoms with Gasteiger partial charge < -0.3 is 20.1 Å². The second-order valence-electron chi connectivity index (χ2n) is 6.93. The van der Waals surface area contributed by atoms with E-state index in [0.717, 1.165) is 21.9 Å². The van der Waals surface area contributed by atoms with Gasteiger partial charge in [0, 0.05) is 16.8 Å². The highest BCUT2D eigenvalue weighted by molar-refractivity contribution is 7.16. The van der Waals surface area contributed by atoms with Crippen molar-refractivity contribution in [1.82, 2.24) is 10.6 Å². The topological polar surface area (TPSA) is 59.6 Å². The molecule has 0 aliphatic carbocycles. The number of halogens is 1. The van der Waals surface area contributed by atoms with Gasteiger partial charge in [0.15, 0.2) is 11.5 Å². The van der Waals surface area contributed by atoms with E-state index in [-0.39, 0.29) is 17.5 Å². The zero-order chi connectivity index (χ0) is 18.7. The molecule has 2 amide bonds. The van der Waals surface area contributed by atoms with Crippen LogP contribution < -0.4 is 20.1 Å². The molecule has 7 heteroatoms. The van der Waals surface area contributed by atoms with Crippen LogP contribution in [0.2, 0.25) is 4.34 Å². The number of amides is 2. The van der Waals surface area contributed by atoms with Gasteiger partial charge in [0.2, 0.25) is 0 Å². The van der Waals surface area contributed by atoms with Crippen LogP contribution in [-0.2, 0) is 5.41 Å². The lowest BCUT2D eigenvalue weighted by atomic mass is 9.84. The van der Waals surface area contributed by atoms with Crippen molar-refractivity contribution in [3.63, 3.8) is 0 Å². The minimum atomic E-state index is -0.247. The van der Waals surface area contributed by atoms with Crippen molar-refractivity contribution in [2.75, 3.05) is 19.8 Å². The Kier molecular flexibility index (Phi) is 5.63. The van der Waals surface area contributed by atoms with Crippen LogP contribution in [0, 0.1) is 0 Å². The Balaban J connectivity index is 1.58. The Hall–Kier alpha value is -1.92. The normalized spacial score (nSPS) is 14.6. The molecular formula is C19H23ClN2O3S. The van der Waals surface area contributed by atoms with E-state index in [9.17, 15) is 4.79 Å². The van der Waals surface area contributed by atoms with Crippen LogP contribution in [0.1, 0.15) is 37.3 Å². The molecule has 1 atom stereocenters. The lowest BCUT2D eigenvalue weighted by Crippen LogP contribution is -2.43. The van der Waals surface area contributed by atoms with E-state index >= 15 is 0 Å². The van der Waals surface area contributed by atoms with Gasteiger partial charge in [0.1, 0.15) is 13.2 Å². The summed E-state index contributed by atoms with van der Waals surface area (Å²) in [5.74, 6) is 1.53. The number of urea groups is 1. The van der Waals surface area contributed by atoms with Crippen molar-refractivity contribution in [2.45, 2.75) is 32.2 Å². The maximum absolute atomic E-state index is 12.2. The zero-order valence-corrected chi connectivity index (χ0v) is 16.7. The van der Waals surface area contributed by atoms with Crippen molar-refractivity contribution in [1.29, 1.82) is 0 Å². The quantitative estimate of drug-likeness (QED) is 0.784. The summed E-state index contributed by atoms with van der Waals surface area (Å²) in [7, 11) is 0. The first-order valence-corrected chi connectivity index (χ1v) is 9.74. The van der Waals surface area contributed by atoms with Gasteiger partial charge in [-0.2, -0.15) is 0 Å². The van der Waals surface area contributed by atoms with E-state index in [0.29, 0.717) is 24.1 Å². The molecule has 26 heavy (non-hydrogen) atoms. The number of fused-ring (bicyclic) bond motifs is 1. The van der Waals surface area contributed by atoms with Crippen LogP contribution in [0.25, 0.3) is 0 Å². The Morgan fingerprint density at radius 3 is 2.65 bits per heavy atom. The van der Waals surface area contributed by atoms with Crippen molar-refractivity contribution in [3.8, 4) is 11.5 Å². The maximum atomic E-state index is 12.2. The Labute approximate surface area is 162 Å². The van der Waals surface area contributed by atoms with Gasteiger partial charge in [-0.3, -0.25) is 0 Å². The number of thiophene rings is 1. The number of hydrogen-bond acceptors (Lipinski definition) is 4. The van der Waals surface area contributed by atoms with E-state index in [2.05, 4.69) is 24.5 Å². The predicted octanol–water partition coefficient (Wildman–Crippen LogP) is 4.51. The summed E-state index contributed by atoms with van der Waals surface area (Å²) >= 11 is 7.42. The number of rotatable bonds is 5. The highest BCUT2D eigenvalue weighted by Gasteiger charge is 2.24. The second-order valence-corrected chi connectivity index (χ2v) is 8.68.